The van der Waals surface area contributed by atoms with Gasteiger partial charge in [-0.15, -0.1) is 0 Å². The first kappa shape index (κ1) is 17.7. The molecule has 0 aliphatic heterocycles. The number of carbonyl (C=O) groups excluding carboxylic acids is 1. The first-order valence-electron chi connectivity index (χ1n) is 7.08. The summed E-state index contributed by atoms with van der Waals surface area (Å²) in [4.78, 5) is 16.1. The van der Waals surface area contributed by atoms with Crippen LogP contribution in [0, 0.1) is 5.92 Å². The first-order chi connectivity index (χ1) is 9.79. The molecule has 1 amide bonds. The van der Waals surface area contributed by atoms with Crippen molar-refractivity contribution in [3.63, 3.8) is 0 Å². The quantitative estimate of drug-likeness (QED) is 0.811. The molecule has 1 aromatic heterocycles. The largest absolute Gasteiger partial charge is 0.474 e. The molecule has 1 rings (SSSR count). The normalized spacial score (nSPS) is 13.9. The van der Waals surface area contributed by atoms with Crippen LogP contribution in [0.15, 0.2) is 12.3 Å². The predicted octanol–water partition coefficient (Wildman–Crippen LogP) is 2.66. The maximum Gasteiger partial charge on any atom is 0.252 e. The van der Waals surface area contributed by atoms with Gasteiger partial charge in [0, 0.05) is 12.7 Å². The highest BCUT2D eigenvalue weighted by Crippen LogP contribution is 2.23. The minimum atomic E-state index is -0.375. The van der Waals surface area contributed by atoms with Gasteiger partial charge in [-0.05, 0) is 39.2 Å². The van der Waals surface area contributed by atoms with Crippen molar-refractivity contribution in [2.75, 3.05) is 6.54 Å². The Labute approximate surface area is 130 Å². The maximum absolute atomic E-state index is 12.0. The van der Waals surface area contributed by atoms with Gasteiger partial charge in [-0.2, -0.15) is 0 Å². The van der Waals surface area contributed by atoms with Crippen molar-refractivity contribution in [2.24, 2.45) is 5.92 Å². The van der Waals surface area contributed by atoms with Gasteiger partial charge >= 0.3 is 0 Å². The van der Waals surface area contributed by atoms with Gasteiger partial charge in [0.25, 0.3) is 5.91 Å². The Kier molecular flexibility index (Phi) is 6.92. The highest BCUT2D eigenvalue weighted by atomic mass is 35.5. The maximum atomic E-state index is 12.0. The van der Waals surface area contributed by atoms with Crippen molar-refractivity contribution in [1.82, 2.24) is 10.3 Å². The van der Waals surface area contributed by atoms with Gasteiger partial charge < -0.3 is 15.2 Å². The summed E-state index contributed by atoms with van der Waals surface area (Å²) in [5.74, 6) is 0.282. The number of nitrogens with zero attached hydrogens (tertiary/aromatic N) is 1. The van der Waals surface area contributed by atoms with E-state index in [0.717, 1.165) is 0 Å². The molecule has 118 valence electrons. The van der Waals surface area contributed by atoms with Crippen molar-refractivity contribution >= 4 is 17.5 Å². The fourth-order valence-corrected chi connectivity index (χ4v) is 2.11. The molecule has 0 saturated heterocycles. The second-order valence-corrected chi connectivity index (χ2v) is 5.98. The van der Waals surface area contributed by atoms with Crippen LogP contribution in [0.25, 0.3) is 0 Å². The fourth-order valence-electron chi connectivity index (χ4n) is 1.89. The van der Waals surface area contributed by atoms with Gasteiger partial charge in [-0.1, -0.05) is 18.5 Å². The number of hydrogen-bond acceptors (Lipinski definition) is 4. The first-order valence-corrected chi connectivity index (χ1v) is 7.45. The minimum Gasteiger partial charge on any atom is -0.474 e. The highest BCUT2D eigenvalue weighted by Gasteiger charge is 2.13. The number of aliphatic hydroxyl groups excluding tert-OH is 1. The van der Waals surface area contributed by atoms with E-state index in [-0.39, 0.29) is 24.0 Å². The molecule has 0 aliphatic rings. The van der Waals surface area contributed by atoms with E-state index < -0.39 is 0 Å². The topological polar surface area (TPSA) is 71.5 Å². The van der Waals surface area contributed by atoms with Gasteiger partial charge in [-0.25, -0.2) is 4.98 Å². The summed E-state index contributed by atoms with van der Waals surface area (Å²) in [5.41, 5.74) is 0.389. The molecule has 0 radical (unpaired) electrons. The zero-order valence-corrected chi connectivity index (χ0v) is 13.6. The molecule has 0 fully saturated rings. The molecule has 0 aliphatic carbocycles. The molecular formula is C15H23ClN2O3. The molecule has 5 nitrogen and oxygen atoms in total. The lowest BCUT2D eigenvalue weighted by Gasteiger charge is -2.14. The van der Waals surface area contributed by atoms with Gasteiger partial charge in [0.2, 0.25) is 5.88 Å². The molecule has 0 saturated carbocycles. The van der Waals surface area contributed by atoms with Crippen LogP contribution in [0.1, 0.15) is 44.5 Å². The third-order valence-electron chi connectivity index (χ3n) is 2.77. The van der Waals surface area contributed by atoms with Crippen LogP contribution >= 0.6 is 11.6 Å². The zero-order chi connectivity index (χ0) is 16.0. The summed E-state index contributed by atoms with van der Waals surface area (Å²) < 4.78 is 5.42. The van der Waals surface area contributed by atoms with Gasteiger partial charge in [0.15, 0.2) is 0 Å². The van der Waals surface area contributed by atoms with E-state index in [9.17, 15) is 9.90 Å². The van der Waals surface area contributed by atoms with Crippen LogP contribution in [-0.2, 0) is 0 Å². The monoisotopic (exact) mass is 314 g/mol. The Morgan fingerprint density at radius 3 is 2.62 bits per heavy atom. The molecule has 21 heavy (non-hydrogen) atoms. The molecule has 0 spiro atoms. The predicted molar refractivity (Wildman–Crippen MR) is 82.8 cm³/mol. The molecule has 2 unspecified atom stereocenters. The number of aliphatic hydroxyl groups is 1. The van der Waals surface area contributed by atoms with E-state index in [1.165, 1.54) is 6.20 Å². The van der Waals surface area contributed by atoms with Crippen molar-refractivity contribution in [3.8, 4) is 5.88 Å². The zero-order valence-electron chi connectivity index (χ0n) is 12.9. The van der Waals surface area contributed by atoms with Crippen molar-refractivity contribution in [3.05, 3.63) is 22.8 Å². The molecular weight excluding hydrogens is 292 g/mol. The number of aromatic nitrogens is 1. The number of hydrogen-bond donors (Lipinski definition) is 2. The third-order valence-corrected chi connectivity index (χ3v) is 3.04. The summed E-state index contributed by atoms with van der Waals surface area (Å²) in [7, 11) is 0. The lowest BCUT2D eigenvalue weighted by molar-refractivity contribution is 0.0939. The number of rotatable bonds is 7. The van der Waals surface area contributed by atoms with E-state index >= 15 is 0 Å². The molecule has 1 aromatic rings. The molecule has 0 bridgehead atoms. The van der Waals surface area contributed by atoms with Crippen molar-refractivity contribution < 1.29 is 14.6 Å². The SMILES string of the molecule is CC(O)CC(C)CNC(=O)c1cnc(OC(C)C)c(Cl)c1. The Hall–Kier alpha value is -1.33. The van der Waals surface area contributed by atoms with Crippen LogP contribution in [-0.4, -0.2) is 34.8 Å². The standard InChI is InChI=1S/C15H23ClN2O3/c1-9(2)21-15-13(16)6-12(8-18-15)14(20)17-7-10(3)5-11(4)19/h6,8-11,19H,5,7H2,1-4H3,(H,17,20). The molecule has 6 heteroatoms. The summed E-state index contributed by atoms with van der Waals surface area (Å²) in [5, 5.41) is 12.4. The lowest BCUT2D eigenvalue weighted by Crippen LogP contribution is -2.29. The second-order valence-electron chi connectivity index (χ2n) is 5.58. The summed E-state index contributed by atoms with van der Waals surface area (Å²) >= 11 is 6.05. The smallest absolute Gasteiger partial charge is 0.252 e. The Bertz CT molecular complexity index is 478. The molecule has 0 aromatic carbocycles. The summed E-state index contributed by atoms with van der Waals surface area (Å²) in [6.45, 7) is 7.95. The number of halogens is 1. The van der Waals surface area contributed by atoms with E-state index in [0.29, 0.717) is 29.4 Å². The van der Waals surface area contributed by atoms with Crippen molar-refractivity contribution in [2.45, 2.75) is 46.3 Å². The van der Waals surface area contributed by atoms with Crippen LogP contribution in [0.4, 0.5) is 0 Å². The summed E-state index contributed by atoms with van der Waals surface area (Å²) in [6.07, 6.45) is 1.68. The molecule has 1 heterocycles. The van der Waals surface area contributed by atoms with Gasteiger partial charge in [0.1, 0.15) is 5.02 Å². The van der Waals surface area contributed by atoms with Crippen LogP contribution in [0.5, 0.6) is 5.88 Å². The number of pyridine rings is 1. The number of ether oxygens (including phenoxy) is 1. The van der Waals surface area contributed by atoms with E-state index in [1.54, 1.807) is 13.0 Å². The Morgan fingerprint density at radius 2 is 2.10 bits per heavy atom. The second kappa shape index (κ2) is 8.20. The molecule has 2 atom stereocenters. The Morgan fingerprint density at radius 1 is 1.43 bits per heavy atom. The van der Waals surface area contributed by atoms with E-state index in [4.69, 9.17) is 16.3 Å². The van der Waals surface area contributed by atoms with E-state index in [2.05, 4.69) is 10.3 Å². The minimum absolute atomic E-state index is 0.0315. The van der Waals surface area contributed by atoms with Gasteiger partial charge in [0.05, 0.1) is 17.8 Å². The Balaban J connectivity index is 2.60. The molecule has 2 N–H and O–H groups in total. The summed E-state index contributed by atoms with van der Waals surface area (Å²) in [6, 6.07) is 1.54. The van der Waals surface area contributed by atoms with Crippen LogP contribution < -0.4 is 10.1 Å². The van der Waals surface area contributed by atoms with Crippen LogP contribution in [0.2, 0.25) is 5.02 Å². The number of carbonyl (C=O) groups is 1. The number of nitrogens with one attached hydrogen (secondary N) is 1. The van der Waals surface area contributed by atoms with Crippen LogP contribution in [0.3, 0.4) is 0 Å². The van der Waals surface area contributed by atoms with Crippen molar-refractivity contribution in [1.29, 1.82) is 0 Å². The average molecular weight is 315 g/mol. The number of amides is 1. The highest BCUT2D eigenvalue weighted by molar-refractivity contribution is 6.32. The fraction of sp³-hybridized carbons (Fsp3) is 0.600. The van der Waals surface area contributed by atoms with E-state index in [1.807, 2.05) is 20.8 Å². The van der Waals surface area contributed by atoms with Gasteiger partial charge in [-0.3, -0.25) is 4.79 Å². The average Bonchev–Trinajstić information content (AvgIpc) is 2.37. The third kappa shape index (κ3) is 6.31. The lowest BCUT2D eigenvalue weighted by atomic mass is 10.0.